The number of amides is 1. The maximum atomic E-state index is 12.3. The quantitative estimate of drug-likeness (QED) is 0.358. The van der Waals surface area contributed by atoms with E-state index in [1.54, 1.807) is 29.9 Å². The Balaban J connectivity index is 1.14. The Morgan fingerprint density at radius 3 is 2.35 bits per heavy atom. The summed E-state index contributed by atoms with van der Waals surface area (Å²) in [6, 6.07) is 16.0. The number of carbonyl (C=O) groups is 1. The van der Waals surface area contributed by atoms with E-state index in [1.165, 1.54) is 0 Å². The summed E-state index contributed by atoms with van der Waals surface area (Å²) < 4.78 is 0. The van der Waals surface area contributed by atoms with Crippen molar-refractivity contribution in [2.45, 2.75) is 6.42 Å². The topological polar surface area (TPSA) is 87.1 Å². The molecule has 0 unspecified atom stereocenters. The van der Waals surface area contributed by atoms with E-state index in [-0.39, 0.29) is 5.91 Å². The van der Waals surface area contributed by atoms with Crippen LogP contribution in [-0.2, 0) is 11.2 Å². The summed E-state index contributed by atoms with van der Waals surface area (Å²) in [6.45, 7) is 3.40. The zero-order chi connectivity index (χ0) is 25.0. The molecule has 8 nitrogen and oxygen atoms in total. The molecule has 184 valence electrons. The lowest BCUT2D eigenvalue weighted by Crippen LogP contribution is -2.47. The number of benzene rings is 2. The van der Waals surface area contributed by atoms with Crippen LogP contribution in [0.4, 0.5) is 17.3 Å². The van der Waals surface area contributed by atoms with Crippen molar-refractivity contribution < 1.29 is 4.79 Å². The van der Waals surface area contributed by atoms with Gasteiger partial charge < -0.3 is 15.1 Å². The van der Waals surface area contributed by atoms with Crippen LogP contribution in [0.25, 0.3) is 22.2 Å². The summed E-state index contributed by atoms with van der Waals surface area (Å²) in [5, 5.41) is 6.95. The molecule has 0 radical (unpaired) electrons. The van der Waals surface area contributed by atoms with Gasteiger partial charge in [-0.15, -0.1) is 0 Å². The summed E-state index contributed by atoms with van der Waals surface area (Å²) >= 11 is 1.60. The minimum absolute atomic E-state index is 0.0165. The second kappa shape index (κ2) is 10.3. The van der Waals surface area contributed by atoms with Gasteiger partial charge in [0.15, 0.2) is 0 Å². The molecule has 1 aliphatic heterocycles. The number of carbonyl (C=O) groups excluding carboxylic acids is 1. The molecule has 1 amide bonds. The number of piperazine rings is 1. The van der Waals surface area contributed by atoms with Crippen LogP contribution in [0.15, 0.2) is 84.1 Å². The molecule has 0 atom stereocenters. The first-order chi connectivity index (χ1) is 18.2. The second-order valence-electron chi connectivity index (χ2n) is 8.90. The van der Waals surface area contributed by atoms with E-state index in [1.807, 2.05) is 53.4 Å². The van der Waals surface area contributed by atoms with Crippen LogP contribution in [0.5, 0.6) is 0 Å². The molecule has 4 heterocycles. The first kappa shape index (κ1) is 23.1. The average molecular weight is 508 g/mol. The average Bonchev–Trinajstić information content (AvgIpc) is 3.46. The van der Waals surface area contributed by atoms with E-state index in [4.69, 9.17) is 4.98 Å². The lowest BCUT2D eigenvalue weighted by atomic mass is 10.0. The maximum absolute atomic E-state index is 12.3. The van der Waals surface area contributed by atoms with Gasteiger partial charge in [-0.25, -0.2) is 9.97 Å². The van der Waals surface area contributed by atoms with Gasteiger partial charge >= 0.3 is 0 Å². The Morgan fingerprint density at radius 1 is 0.838 bits per heavy atom. The summed E-state index contributed by atoms with van der Waals surface area (Å²) in [6.07, 6.45) is 7.46. The van der Waals surface area contributed by atoms with Gasteiger partial charge in [0.1, 0.15) is 11.6 Å². The van der Waals surface area contributed by atoms with E-state index in [9.17, 15) is 4.79 Å². The standard InChI is InChI=1S/C28H25N7OS/c36-28(15-20-7-14-37-19-20)32-23-4-1-21(2-5-23)22-3-6-24-25(16-22)33-27(18-31-24)35-12-10-34(11-13-35)26-17-29-8-9-30-26/h1-9,14,16-19H,10-13,15H2,(H,32,36). The summed E-state index contributed by atoms with van der Waals surface area (Å²) in [5.74, 6) is 1.77. The molecule has 5 aromatic rings. The van der Waals surface area contributed by atoms with Crippen LogP contribution in [-0.4, -0.2) is 52.0 Å². The highest BCUT2D eigenvalue weighted by Crippen LogP contribution is 2.26. The number of hydrogen-bond donors (Lipinski definition) is 1. The number of aromatic nitrogens is 4. The SMILES string of the molecule is O=C(Cc1ccsc1)Nc1ccc(-c2ccc3ncc(N4CCN(c5cnccn5)CC4)nc3c2)cc1. The van der Waals surface area contributed by atoms with Crippen molar-refractivity contribution in [3.05, 3.63) is 89.6 Å². The Morgan fingerprint density at radius 2 is 1.62 bits per heavy atom. The Kier molecular flexibility index (Phi) is 6.43. The Bertz CT molecular complexity index is 1500. The van der Waals surface area contributed by atoms with Gasteiger partial charge in [-0.3, -0.25) is 14.8 Å². The second-order valence-corrected chi connectivity index (χ2v) is 9.68. The molecule has 9 heteroatoms. The molecule has 1 aliphatic rings. The van der Waals surface area contributed by atoms with Crippen LogP contribution < -0.4 is 15.1 Å². The highest BCUT2D eigenvalue weighted by atomic mass is 32.1. The minimum atomic E-state index is -0.0165. The van der Waals surface area contributed by atoms with Gasteiger partial charge in [-0.2, -0.15) is 11.3 Å². The van der Waals surface area contributed by atoms with Crippen LogP contribution >= 0.6 is 11.3 Å². The zero-order valence-electron chi connectivity index (χ0n) is 20.1. The normalized spacial score (nSPS) is 13.6. The fourth-order valence-corrected chi connectivity index (χ4v) is 5.15. The number of anilines is 3. The molecule has 0 spiro atoms. The van der Waals surface area contributed by atoms with Gasteiger partial charge in [-0.1, -0.05) is 18.2 Å². The Hall–Kier alpha value is -4.37. The monoisotopic (exact) mass is 507 g/mol. The van der Waals surface area contributed by atoms with Crippen LogP contribution in [0.3, 0.4) is 0 Å². The summed E-state index contributed by atoms with van der Waals surface area (Å²) in [7, 11) is 0. The lowest BCUT2D eigenvalue weighted by Gasteiger charge is -2.35. The van der Waals surface area contributed by atoms with Crippen molar-refractivity contribution in [2.75, 3.05) is 41.3 Å². The molecule has 0 aliphatic carbocycles. The Labute approximate surface area is 218 Å². The summed E-state index contributed by atoms with van der Waals surface area (Å²) in [5.41, 5.74) is 5.66. The zero-order valence-corrected chi connectivity index (χ0v) is 20.9. The number of nitrogens with one attached hydrogen (secondary N) is 1. The number of nitrogens with zero attached hydrogens (tertiary/aromatic N) is 6. The van der Waals surface area contributed by atoms with Crippen molar-refractivity contribution in [1.29, 1.82) is 0 Å². The molecule has 2 aromatic carbocycles. The third-order valence-electron chi connectivity index (χ3n) is 6.45. The molecule has 1 saturated heterocycles. The lowest BCUT2D eigenvalue weighted by molar-refractivity contribution is -0.115. The predicted molar refractivity (Wildman–Crippen MR) is 148 cm³/mol. The van der Waals surface area contributed by atoms with E-state index in [0.717, 1.165) is 71.2 Å². The maximum Gasteiger partial charge on any atom is 0.228 e. The number of fused-ring (bicyclic) bond motifs is 1. The van der Waals surface area contributed by atoms with Crippen LogP contribution in [0.2, 0.25) is 0 Å². The highest BCUT2D eigenvalue weighted by Gasteiger charge is 2.20. The first-order valence-electron chi connectivity index (χ1n) is 12.2. The molecule has 6 rings (SSSR count). The minimum Gasteiger partial charge on any atom is -0.352 e. The third kappa shape index (κ3) is 5.26. The molecule has 1 fully saturated rings. The number of hydrogen-bond acceptors (Lipinski definition) is 8. The highest BCUT2D eigenvalue weighted by molar-refractivity contribution is 7.08. The van der Waals surface area contributed by atoms with E-state index in [0.29, 0.717) is 6.42 Å². The van der Waals surface area contributed by atoms with Gasteiger partial charge in [0.05, 0.1) is 29.8 Å². The predicted octanol–water partition coefficient (Wildman–Crippen LogP) is 4.66. The first-order valence-corrected chi connectivity index (χ1v) is 13.1. The molecule has 3 aromatic heterocycles. The third-order valence-corrected chi connectivity index (χ3v) is 7.19. The number of rotatable bonds is 6. The van der Waals surface area contributed by atoms with Crippen LogP contribution in [0, 0.1) is 0 Å². The largest absolute Gasteiger partial charge is 0.352 e. The van der Waals surface area contributed by atoms with Crippen molar-refractivity contribution in [3.63, 3.8) is 0 Å². The summed E-state index contributed by atoms with van der Waals surface area (Å²) in [4.78, 5) is 35.0. The molecule has 37 heavy (non-hydrogen) atoms. The molecule has 0 bridgehead atoms. The molecule has 1 N–H and O–H groups in total. The van der Waals surface area contributed by atoms with Crippen molar-refractivity contribution >= 4 is 45.6 Å². The van der Waals surface area contributed by atoms with E-state index < -0.39 is 0 Å². The van der Waals surface area contributed by atoms with Gasteiger partial charge in [0, 0.05) is 44.3 Å². The molecular weight excluding hydrogens is 482 g/mol. The smallest absolute Gasteiger partial charge is 0.228 e. The van der Waals surface area contributed by atoms with Gasteiger partial charge in [-0.05, 0) is 57.8 Å². The van der Waals surface area contributed by atoms with Gasteiger partial charge in [0.25, 0.3) is 0 Å². The fourth-order valence-electron chi connectivity index (χ4n) is 4.48. The number of thiophene rings is 1. The van der Waals surface area contributed by atoms with Crippen molar-refractivity contribution in [1.82, 2.24) is 19.9 Å². The molecule has 0 saturated carbocycles. The fraction of sp³-hybridized carbons (Fsp3) is 0.179. The van der Waals surface area contributed by atoms with E-state index >= 15 is 0 Å². The van der Waals surface area contributed by atoms with Crippen molar-refractivity contribution in [2.24, 2.45) is 0 Å². The van der Waals surface area contributed by atoms with Gasteiger partial charge in [0.2, 0.25) is 5.91 Å². The molecular formula is C28H25N7OS. The van der Waals surface area contributed by atoms with Crippen molar-refractivity contribution in [3.8, 4) is 11.1 Å². The van der Waals surface area contributed by atoms with E-state index in [2.05, 4.69) is 42.2 Å². The van der Waals surface area contributed by atoms with Crippen LogP contribution in [0.1, 0.15) is 5.56 Å².